The minimum absolute atomic E-state index is 0.162. The van der Waals surface area contributed by atoms with Crippen LogP contribution >= 0.6 is 34.2 Å². The molecular formula is C13H15ClIN5O. The summed E-state index contributed by atoms with van der Waals surface area (Å²) >= 11 is 8.77. The number of nitrogen functional groups attached to an aromatic ring is 1. The number of hydrazine groups is 2. The molecule has 0 atom stereocenters. The number of fused-ring (bicyclic) bond motifs is 1. The van der Waals surface area contributed by atoms with Crippen LogP contribution in [0.2, 0.25) is 5.02 Å². The van der Waals surface area contributed by atoms with Gasteiger partial charge in [0.1, 0.15) is 0 Å². The Hall–Kier alpha value is -1.19. The molecule has 0 aliphatic carbocycles. The highest BCUT2D eigenvalue weighted by Crippen LogP contribution is 2.41. The minimum Gasteiger partial charge on any atom is -0.398 e. The van der Waals surface area contributed by atoms with Gasteiger partial charge in [-0.3, -0.25) is 9.80 Å². The maximum Gasteiger partial charge on any atom is 0.253 e. The molecule has 1 aromatic carbocycles. The van der Waals surface area contributed by atoms with Crippen LogP contribution in [0.1, 0.15) is 28.4 Å². The molecule has 0 bridgehead atoms. The van der Waals surface area contributed by atoms with Gasteiger partial charge < -0.3 is 16.5 Å². The standard InChI is InChI=1S/C13H15ClIN5O/c1-5-12(20(2)19-18-5)8-9(14)7-6(11(16)10(8)15)3-4-17-13(7)21/h18-19H,3-4,16H2,1-2H3,(H,17,21). The van der Waals surface area contributed by atoms with Gasteiger partial charge in [-0.15, -0.1) is 5.53 Å². The van der Waals surface area contributed by atoms with Gasteiger partial charge in [0.15, 0.2) is 0 Å². The molecule has 1 amide bonds. The van der Waals surface area contributed by atoms with Gasteiger partial charge in [-0.2, -0.15) is 0 Å². The fourth-order valence-corrected chi connectivity index (χ4v) is 4.13. The molecule has 0 aromatic heterocycles. The number of carbonyl (C=O) groups excluding carboxylic acids is 1. The normalized spacial score (nSPS) is 17.7. The first-order valence-electron chi connectivity index (χ1n) is 6.47. The number of amides is 1. The van der Waals surface area contributed by atoms with Crippen LogP contribution in [0.25, 0.3) is 5.70 Å². The van der Waals surface area contributed by atoms with Gasteiger partial charge in [0.2, 0.25) is 0 Å². The van der Waals surface area contributed by atoms with Crippen LogP contribution in [-0.2, 0) is 6.42 Å². The quantitative estimate of drug-likeness (QED) is 0.409. The molecule has 0 saturated heterocycles. The van der Waals surface area contributed by atoms with E-state index in [-0.39, 0.29) is 5.91 Å². The van der Waals surface area contributed by atoms with Crippen molar-refractivity contribution >= 4 is 51.5 Å². The van der Waals surface area contributed by atoms with E-state index in [9.17, 15) is 4.79 Å². The Kier molecular flexibility index (Phi) is 3.66. The van der Waals surface area contributed by atoms with Gasteiger partial charge in [-0.1, -0.05) is 11.6 Å². The number of rotatable bonds is 1. The molecule has 0 unspecified atom stereocenters. The van der Waals surface area contributed by atoms with Crippen molar-refractivity contribution in [3.63, 3.8) is 0 Å². The summed E-state index contributed by atoms with van der Waals surface area (Å²) < 4.78 is 0.873. The molecule has 112 valence electrons. The molecule has 2 heterocycles. The van der Waals surface area contributed by atoms with E-state index >= 15 is 0 Å². The van der Waals surface area contributed by atoms with Crippen LogP contribution in [0.15, 0.2) is 5.70 Å². The average molecular weight is 420 g/mol. The molecule has 0 radical (unpaired) electrons. The smallest absolute Gasteiger partial charge is 0.253 e. The van der Waals surface area contributed by atoms with E-state index in [0.29, 0.717) is 29.2 Å². The Morgan fingerprint density at radius 2 is 2.10 bits per heavy atom. The molecule has 0 fully saturated rings. The molecule has 0 spiro atoms. The van der Waals surface area contributed by atoms with E-state index in [0.717, 1.165) is 26.1 Å². The molecule has 0 saturated carbocycles. The lowest BCUT2D eigenvalue weighted by Gasteiger charge is -2.25. The lowest BCUT2D eigenvalue weighted by molar-refractivity contribution is 0.0946. The van der Waals surface area contributed by atoms with Crippen molar-refractivity contribution in [1.29, 1.82) is 0 Å². The van der Waals surface area contributed by atoms with Crippen molar-refractivity contribution in [3.05, 3.63) is 31.0 Å². The maximum absolute atomic E-state index is 12.2. The summed E-state index contributed by atoms with van der Waals surface area (Å²) in [6, 6.07) is 0. The number of halogens is 2. The summed E-state index contributed by atoms with van der Waals surface area (Å²) in [4.78, 5) is 12.2. The van der Waals surface area contributed by atoms with E-state index in [2.05, 4.69) is 38.9 Å². The predicted octanol–water partition coefficient (Wildman–Crippen LogP) is 1.46. The third kappa shape index (κ3) is 2.14. The lowest BCUT2D eigenvalue weighted by atomic mass is 9.94. The van der Waals surface area contributed by atoms with Gasteiger partial charge in [0.25, 0.3) is 5.91 Å². The van der Waals surface area contributed by atoms with Gasteiger partial charge in [0.05, 0.1) is 22.0 Å². The molecule has 21 heavy (non-hydrogen) atoms. The predicted molar refractivity (Wildman–Crippen MR) is 91.2 cm³/mol. The van der Waals surface area contributed by atoms with Crippen molar-refractivity contribution < 1.29 is 4.79 Å². The highest BCUT2D eigenvalue weighted by atomic mass is 127. The molecular weight excluding hydrogens is 405 g/mol. The second-order valence-corrected chi connectivity index (χ2v) is 6.50. The average Bonchev–Trinajstić information content (AvgIpc) is 2.77. The fraction of sp³-hybridized carbons (Fsp3) is 0.308. The summed E-state index contributed by atoms with van der Waals surface area (Å²) in [6.07, 6.45) is 0.702. The third-order valence-corrected chi connectivity index (χ3v) is 5.25. The van der Waals surface area contributed by atoms with Crippen LogP contribution in [0, 0.1) is 3.57 Å². The zero-order chi connectivity index (χ0) is 15.3. The zero-order valence-corrected chi connectivity index (χ0v) is 14.5. The van der Waals surface area contributed by atoms with Gasteiger partial charge in [-0.25, -0.2) is 0 Å². The van der Waals surface area contributed by atoms with Crippen LogP contribution < -0.4 is 22.0 Å². The number of nitrogens with one attached hydrogen (secondary N) is 3. The molecule has 8 heteroatoms. The van der Waals surface area contributed by atoms with Crippen molar-refractivity contribution in [3.8, 4) is 0 Å². The number of nitrogens with zero attached hydrogens (tertiary/aromatic N) is 1. The first-order valence-corrected chi connectivity index (χ1v) is 7.93. The number of allylic oxidation sites excluding steroid dienone is 1. The number of benzene rings is 1. The first-order chi connectivity index (χ1) is 9.93. The van der Waals surface area contributed by atoms with Crippen molar-refractivity contribution in [2.24, 2.45) is 0 Å². The number of hydrogen-bond acceptors (Lipinski definition) is 5. The van der Waals surface area contributed by atoms with Crippen LogP contribution in [0.4, 0.5) is 5.69 Å². The monoisotopic (exact) mass is 419 g/mol. The molecule has 2 aliphatic heterocycles. The van der Waals surface area contributed by atoms with Crippen molar-refractivity contribution in [2.45, 2.75) is 13.3 Å². The SMILES string of the molecule is CC1=C(c2c(Cl)c3c(c(N)c2I)CCNC3=O)N(C)NN1. The Morgan fingerprint density at radius 3 is 2.71 bits per heavy atom. The second kappa shape index (κ2) is 5.22. The van der Waals surface area contributed by atoms with Crippen molar-refractivity contribution in [2.75, 3.05) is 19.3 Å². The van der Waals surface area contributed by atoms with Crippen LogP contribution in [0.5, 0.6) is 0 Å². The summed E-state index contributed by atoms with van der Waals surface area (Å²) in [5, 5.41) is 5.10. The highest BCUT2D eigenvalue weighted by Gasteiger charge is 2.31. The molecule has 5 N–H and O–H groups in total. The van der Waals surface area contributed by atoms with Crippen molar-refractivity contribution in [1.82, 2.24) is 21.3 Å². The Morgan fingerprint density at radius 1 is 1.38 bits per heavy atom. The zero-order valence-electron chi connectivity index (χ0n) is 11.6. The van der Waals surface area contributed by atoms with E-state index in [1.54, 1.807) is 0 Å². The van der Waals surface area contributed by atoms with Gasteiger partial charge in [-0.05, 0) is 41.5 Å². The second-order valence-electron chi connectivity index (χ2n) is 5.05. The number of nitrogens with two attached hydrogens (primary N) is 1. The van der Waals surface area contributed by atoms with Gasteiger partial charge >= 0.3 is 0 Å². The highest BCUT2D eigenvalue weighted by molar-refractivity contribution is 14.1. The third-order valence-electron chi connectivity index (χ3n) is 3.75. The lowest BCUT2D eigenvalue weighted by Crippen LogP contribution is -2.35. The fourth-order valence-electron chi connectivity index (χ4n) is 2.74. The minimum atomic E-state index is -0.162. The number of carbonyl (C=O) groups is 1. The van der Waals surface area contributed by atoms with E-state index in [1.807, 2.05) is 19.0 Å². The maximum atomic E-state index is 12.2. The summed E-state index contributed by atoms with van der Waals surface area (Å²) in [6.45, 7) is 2.53. The summed E-state index contributed by atoms with van der Waals surface area (Å²) in [5.41, 5.74) is 16.9. The van der Waals surface area contributed by atoms with E-state index in [4.69, 9.17) is 17.3 Å². The summed E-state index contributed by atoms with van der Waals surface area (Å²) in [7, 11) is 1.88. The van der Waals surface area contributed by atoms with Gasteiger partial charge in [0, 0.05) is 28.4 Å². The Balaban J connectivity index is 2.33. The summed E-state index contributed by atoms with van der Waals surface area (Å²) in [5.74, 6) is -0.162. The molecule has 3 rings (SSSR count). The Labute approximate surface area is 141 Å². The topological polar surface area (TPSA) is 82.4 Å². The van der Waals surface area contributed by atoms with Crippen LogP contribution in [0.3, 0.4) is 0 Å². The van der Waals surface area contributed by atoms with E-state index in [1.165, 1.54) is 0 Å². The largest absolute Gasteiger partial charge is 0.398 e. The first kappa shape index (κ1) is 14.7. The van der Waals surface area contributed by atoms with E-state index < -0.39 is 0 Å². The molecule has 1 aromatic rings. The number of anilines is 1. The van der Waals surface area contributed by atoms with Crippen LogP contribution in [-0.4, -0.2) is 24.5 Å². The Bertz CT molecular complexity index is 688. The molecule has 6 nitrogen and oxygen atoms in total. The molecule has 2 aliphatic rings. The number of hydrogen-bond donors (Lipinski definition) is 4.